The Balaban J connectivity index is 2.55. The Kier molecular flexibility index (Phi) is 3.17. The molecule has 0 aliphatic carbocycles. The van der Waals surface area contributed by atoms with Gasteiger partial charge >= 0.3 is 0 Å². The van der Waals surface area contributed by atoms with Crippen LogP contribution in [0.25, 0.3) is 0 Å². The lowest BCUT2D eigenvalue weighted by Gasteiger charge is -2.39. The fourth-order valence-electron chi connectivity index (χ4n) is 2.10. The highest BCUT2D eigenvalue weighted by atomic mass is 28.4. The first-order valence-electron chi connectivity index (χ1n) is 5.87. The third kappa shape index (κ3) is 2.14. The Hall–Kier alpha value is -1.38. The topological polar surface area (TPSA) is 42.2 Å². The summed E-state index contributed by atoms with van der Waals surface area (Å²) in [5, 5.41) is 9.47. The number of nitrogens with zero attached hydrogens (tertiary/aromatic N) is 1. The number of benzene rings is 1. The summed E-state index contributed by atoms with van der Waals surface area (Å²) < 4.78 is 25.5. The van der Waals surface area contributed by atoms with Crippen LogP contribution in [0.2, 0.25) is 19.6 Å². The minimum Gasteiger partial charge on any atom is -0.490 e. The van der Waals surface area contributed by atoms with Crippen LogP contribution in [0.1, 0.15) is 5.56 Å². The second kappa shape index (κ2) is 4.37. The molecular formula is C13H16FNO2Si. The minimum absolute atomic E-state index is 0.144. The first-order valence-corrected chi connectivity index (χ1v) is 9.28. The summed E-state index contributed by atoms with van der Waals surface area (Å²) in [5.74, 6) is 0.534. The van der Waals surface area contributed by atoms with Gasteiger partial charge in [0.1, 0.15) is 18.4 Å². The van der Waals surface area contributed by atoms with Crippen molar-refractivity contribution in [2.45, 2.75) is 31.4 Å². The number of nitriles is 1. The summed E-state index contributed by atoms with van der Waals surface area (Å²) in [6, 6.07) is 9.04. The SMILES string of the molecule is C[Si](C)(C)O[C@@]1(C#N)c2ccccc2OC[C@H]1F. The molecule has 2 rings (SSSR count). The van der Waals surface area contributed by atoms with E-state index in [2.05, 4.69) is 0 Å². The summed E-state index contributed by atoms with van der Waals surface area (Å²) >= 11 is 0. The van der Waals surface area contributed by atoms with Gasteiger partial charge in [-0.05, 0) is 25.7 Å². The van der Waals surface area contributed by atoms with Crippen molar-refractivity contribution in [3.63, 3.8) is 0 Å². The Morgan fingerprint density at radius 2 is 2.11 bits per heavy atom. The minimum atomic E-state index is -2.07. The molecule has 3 nitrogen and oxygen atoms in total. The molecule has 1 aliphatic heterocycles. The Morgan fingerprint density at radius 3 is 2.72 bits per heavy atom. The number of hydrogen-bond donors (Lipinski definition) is 0. The number of rotatable bonds is 2. The molecule has 2 atom stereocenters. The molecule has 0 amide bonds. The van der Waals surface area contributed by atoms with Crippen LogP contribution in [0.4, 0.5) is 4.39 Å². The van der Waals surface area contributed by atoms with E-state index in [1.807, 2.05) is 25.7 Å². The molecule has 96 valence electrons. The van der Waals surface area contributed by atoms with Crippen LogP contribution in [0.3, 0.4) is 0 Å². The van der Waals surface area contributed by atoms with Crippen molar-refractivity contribution in [2.75, 3.05) is 6.61 Å². The lowest BCUT2D eigenvalue weighted by Crippen LogP contribution is -2.50. The molecule has 0 fully saturated rings. The fourth-order valence-corrected chi connectivity index (χ4v) is 3.35. The van der Waals surface area contributed by atoms with E-state index in [0.717, 1.165) is 0 Å². The van der Waals surface area contributed by atoms with Crippen LogP contribution in [0.15, 0.2) is 24.3 Å². The van der Waals surface area contributed by atoms with Crippen molar-refractivity contribution in [2.24, 2.45) is 0 Å². The molecule has 0 spiro atoms. The Bertz CT molecular complexity index is 494. The molecule has 1 aliphatic rings. The van der Waals surface area contributed by atoms with Gasteiger partial charge in [0.15, 0.2) is 14.5 Å². The predicted octanol–water partition coefficient (Wildman–Crippen LogP) is 2.99. The average Bonchev–Trinajstić information content (AvgIpc) is 2.31. The van der Waals surface area contributed by atoms with Gasteiger partial charge in [0.25, 0.3) is 0 Å². The Morgan fingerprint density at radius 1 is 1.44 bits per heavy atom. The summed E-state index contributed by atoms with van der Waals surface area (Å²) in [6.07, 6.45) is -1.47. The van der Waals surface area contributed by atoms with Crippen molar-refractivity contribution < 1.29 is 13.6 Å². The summed E-state index contributed by atoms with van der Waals surface area (Å²) in [6.45, 7) is 5.68. The van der Waals surface area contributed by atoms with Crippen LogP contribution in [0.5, 0.6) is 5.75 Å². The van der Waals surface area contributed by atoms with Gasteiger partial charge in [-0.1, -0.05) is 18.2 Å². The molecule has 1 aromatic carbocycles. The molecule has 0 saturated heterocycles. The first kappa shape index (κ1) is 13.1. The molecule has 1 aromatic rings. The molecule has 1 heterocycles. The zero-order chi connectivity index (χ0) is 13.4. The maximum Gasteiger partial charge on any atom is 0.208 e. The van der Waals surface area contributed by atoms with Crippen LogP contribution < -0.4 is 4.74 Å². The second-order valence-corrected chi connectivity index (χ2v) is 9.77. The number of para-hydroxylation sites is 1. The van der Waals surface area contributed by atoms with Crippen LogP contribution in [-0.4, -0.2) is 21.1 Å². The smallest absolute Gasteiger partial charge is 0.208 e. The number of hydrogen-bond acceptors (Lipinski definition) is 3. The fraction of sp³-hybridized carbons (Fsp3) is 0.462. The quantitative estimate of drug-likeness (QED) is 0.772. The number of halogens is 1. The van der Waals surface area contributed by atoms with Gasteiger partial charge in [0.2, 0.25) is 5.60 Å². The highest BCUT2D eigenvalue weighted by molar-refractivity contribution is 6.69. The van der Waals surface area contributed by atoms with Crippen molar-refractivity contribution in [1.82, 2.24) is 0 Å². The van der Waals surface area contributed by atoms with E-state index < -0.39 is 20.1 Å². The predicted molar refractivity (Wildman–Crippen MR) is 68.6 cm³/mol. The van der Waals surface area contributed by atoms with E-state index in [0.29, 0.717) is 11.3 Å². The lowest BCUT2D eigenvalue weighted by molar-refractivity contribution is -0.0162. The van der Waals surface area contributed by atoms with Gasteiger partial charge in [-0.15, -0.1) is 0 Å². The van der Waals surface area contributed by atoms with Crippen molar-refractivity contribution >= 4 is 8.32 Å². The molecule has 18 heavy (non-hydrogen) atoms. The Labute approximate surface area is 107 Å². The lowest BCUT2D eigenvalue weighted by atomic mass is 9.88. The number of ether oxygens (including phenoxy) is 1. The third-order valence-corrected chi connectivity index (χ3v) is 3.68. The molecule has 0 N–H and O–H groups in total. The molecular weight excluding hydrogens is 249 g/mol. The highest BCUT2D eigenvalue weighted by Gasteiger charge is 2.50. The average molecular weight is 265 g/mol. The summed E-state index contributed by atoms with van der Waals surface area (Å²) in [5.41, 5.74) is -1.03. The van der Waals surface area contributed by atoms with E-state index in [9.17, 15) is 9.65 Å². The van der Waals surface area contributed by atoms with Crippen LogP contribution in [-0.2, 0) is 10.0 Å². The van der Waals surface area contributed by atoms with Gasteiger partial charge in [-0.3, -0.25) is 0 Å². The van der Waals surface area contributed by atoms with E-state index in [4.69, 9.17) is 9.16 Å². The van der Waals surface area contributed by atoms with E-state index >= 15 is 0 Å². The highest BCUT2D eigenvalue weighted by Crippen LogP contribution is 2.42. The van der Waals surface area contributed by atoms with Crippen LogP contribution in [0, 0.1) is 11.3 Å². The van der Waals surface area contributed by atoms with Crippen molar-refractivity contribution in [3.8, 4) is 11.8 Å². The van der Waals surface area contributed by atoms with E-state index in [1.165, 1.54) is 0 Å². The van der Waals surface area contributed by atoms with Gasteiger partial charge in [0.05, 0.1) is 0 Å². The van der Waals surface area contributed by atoms with Gasteiger partial charge in [0, 0.05) is 5.56 Å². The molecule has 5 heteroatoms. The number of alkyl halides is 1. The molecule has 0 bridgehead atoms. The monoisotopic (exact) mass is 265 g/mol. The summed E-state index contributed by atoms with van der Waals surface area (Å²) in [7, 11) is -2.07. The number of fused-ring (bicyclic) bond motifs is 1. The molecule has 0 unspecified atom stereocenters. The largest absolute Gasteiger partial charge is 0.490 e. The molecule has 0 radical (unpaired) electrons. The van der Waals surface area contributed by atoms with Crippen LogP contribution >= 0.6 is 0 Å². The van der Waals surface area contributed by atoms with Crippen molar-refractivity contribution in [3.05, 3.63) is 29.8 Å². The first-order chi connectivity index (χ1) is 8.39. The maximum atomic E-state index is 14.3. The third-order valence-electron chi connectivity index (χ3n) is 2.75. The van der Waals surface area contributed by atoms with Gasteiger partial charge in [-0.25, -0.2) is 4.39 Å². The molecule has 0 aromatic heterocycles. The zero-order valence-corrected chi connectivity index (χ0v) is 11.7. The van der Waals surface area contributed by atoms with Crippen molar-refractivity contribution in [1.29, 1.82) is 5.26 Å². The maximum absolute atomic E-state index is 14.3. The van der Waals surface area contributed by atoms with E-state index in [-0.39, 0.29) is 6.61 Å². The zero-order valence-electron chi connectivity index (χ0n) is 10.7. The van der Waals surface area contributed by atoms with E-state index in [1.54, 1.807) is 24.3 Å². The second-order valence-electron chi connectivity index (χ2n) is 5.34. The summed E-state index contributed by atoms with van der Waals surface area (Å²) in [4.78, 5) is 0. The molecule has 0 saturated carbocycles. The van der Waals surface area contributed by atoms with Gasteiger partial charge in [-0.2, -0.15) is 5.26 Å². The standard InChI is InChI=1S/C13H16FNO2Si/c1-18(2,3)17-13(9-15)10-6-4-5-7-11(10)16-8-12(13)14/h4-7,12H,8H2,1-3H3/t12-,13+/m1/s1. The van der Waals surface area contributed by atoms with Gasteiger partial charge < -0.3 is 9.16 Å². The normalized spacial score (nSPS) is 26.9.